The summed E-state index contributed by atoms with van der Waals surface area (Å²) in [6, 6.07) is 4.84. The second-order valence-corrected chi connectivity index (χ2v) is 5.49. The van der Waals surface area contributed by atoms with Crippen LogP contribution in [-0.4, -0.2) is 14.8 Å². The van der Waals surface area contributed by atoms with Gasteiger partial charge in [0.05, 0.1) is 5.02 Å². The SMILES string of the molecule is O=P(O)(O)Oc1cc2cc(Br)c(Cl)cc2[nH]1. The lowest BCUT2D eigenvalue weighted by Crippen LogP contribution is -1.89. The lowest BCUT2D eigenvalue weighted by molar-refractivity contribution is 0.280. The highest BCUT2D eigenvalue weighted by atomic mass is 79.9. The van der Waals surface area contributed by atoms with Gasteiger partial charge in [-0.15, -0.1) is 0 Å². The zero-order chi connectivity index (χ0) is 11.9. The average molecular weight is 326 g/mol. The molecule has 0 bridgehead atoms. The Kier molecular flexibility index (Phi) is 3.03. The van der Waals surface area contributed by atoms with Gasteiger partial charge in [0.25, 0.3) is 0 Å². The van der Waals surface area contributed by atoms with Crippen LogP contribution in [-0.2, 0) is 4.57 Å². The predicted octanol–water partition coefficient (Wildman–Crippen LogP) is 3.06. The van der Waals surface area contributed by atoms with Crippen molar-refractivity contribution in [2.45, 2.75) is 0 Å². The van der Waals surface area contributed by atoms with E-state index >= 15 is 0 Å². The molecule has 0 unspecified atom stereocenters. The number of phosphoric acid groups is 1. The third kappa shape index (κ3) is 2.59. The summed E-state index contributed by atoms with van der Waals surface area (Å²) in [7, 11) is -4.54. The lowest BCUT2D eigenvalue weighted by Gasteiger charge is -2.02. The van der Waals surface area contributed by atoms with E-state index in [9.17, 15) is 4.57 Å². The van der Waals surface area contributed by atoms with Crippen molar-refractivity contribution in [1.29, 1.82) is 0 Å². The minimum absolute atomic E-state index is 0.00231. The van der Waals surface area contributed by atoms with Gasteiger partial charge in [-0.25, -0.2) is 4.57 Å². The van der Waals surface area contributed by atoms with Crippen molar-refractivity contribution >= 4 is 46.3 Å². The Morgan fingerprint density at radius 3 is 2.69 bits per heavy atom. The van der Waals surface area contributed by atoms with Crippen LogP contribution in [0, 0.1) is 0 Å². The molecule has 0 spiro atoms. The van der Waals surface area contributed by atoms with Crippen LogP contribution in [0.2, 0.25) is 5.02 Å². The molecule has 0 aliphatic heterocycles. The fourth-order valence-electron chi connectivity index (χ4n) is 1.28. The maximum absolute atomic E-state index is 10.6. The summed E-state index contributed by atoms with van der Waals surface area (Å²) in [6.07, 6.45) is 0. The number of aromatic nitrogens is 1. The van der Waals surface area contributed by atoms with Gasteiger partial charge in [0.2, 0.25) is 5.88 Å². The minimum Gasteiger partial charge on any atom is -0.388 e. The first-order valence-corrected chi connectivity index (χ1v) is 6.78. The predicted molar refractivity (Wildman–Crippen MR) is 63.7 cm³/mol. The van der Waals surface area contributed by atoms with Crippen LogP contribution in [0.3, 0.4) is 0 Å². The zero-order valence-corrected chi connectivity index (χ0v) is 10.9. The van der Waals surface area contributed by atoms with Crippen molar-refractivity contribution in [3.8, 4) is 5.88 Å². The Morgan fingerprint density at radius 2 is 2.06 bits per heavy atom. The molecule has 2 rings (SSSR count). The molecular weight excluding hydrogens is 320 g/mol. The second kappa shape index (κ2) is 4.05. The van der Waals surface area contributed by atoms with Gasteiger partial charge in [-0.1, -0.05) is 11.6 Å². The van der Waals surface area contributed by atoms with Gasteiger partial charge in [-0.2, -0.15) is 0 Å². The molecule has 0 fully saturated rings. The Morgan fingerprint density at radius 1 is 1.38 bits per heavy atom. The van der Waals surface area contributed by atoms with Crippen LogP contribution in [0.15, 0.2) is 22.7 Å². The van der Waals surface area contributed by atoms with Crippen molar-refractivity contribution < 1.29 is 18.9 Å². The molecule has 0 amide bonds. The van der Waals surface area contributed by atoms with Gasteiger partial charge < -0.3 is 9.51 Å². The summed E-state index contributed by atoms with van der Waals surface area (Å²) in [6.45, 7) is 0. The summed E-state index contributed by atoms with van der Waals surface area (Å²) in [5.41, 5.74) is 0.636. The van der Waals surface area contributed by atoms with Crippen molar-refractivity contribution in [2.75, 3.05) is 0 Å². The number of hydrogen-bond donors (Lipinski definition) is 3. The van der Waals surface area contributed by atoms with Crippen LogP contribution in [0.5, 0.6) is 5.88 Å². The number of benzene rings is 1. The van der Waals surface area contributed by atoms with Crippen molar-refractivity contribution in [2.24, 2.45) is 0 Å². The number of rotatable bonds is 2. The number of halogens is 2. The normalized spacial score (nSPS) is 12.0. The maximum Gasteiger partial charge on any atom is 0.525 e. The van der Waals surface area contributed by atoms with Crippen LogP contribution < -0.4 is 4.52 Å². The fourth-order valence-corrected chi connectivity index (χ4v) is 2.16. The largest absolute Gasteiger partial charge is 0.525 e. The maximum atomic E-state index is 10.6. The molecule has 0 saturated carbocycles. The third-order valence-electron chi connectivity index (χ3n) is 1.85. The first-order chi connectivity index (χ1) is 7.35. The quantitative estimate of drug-likeness (QED) is 0.741. The summed E-state index contributed by atoms with van der Waals surface area (Å²) < 4.78 is 15.7. The van der Waals surface area contributed by atoms with E-state index < -0.39 is 7.82 Å². The standard InChI is InChI=1S/C8H6BrClNO4P/c9-5-1-4-2-8(15-16(12,13)14)11-7(4)3-6(5)10/h1-3,11H,(H2,12,13,14). The van der Waals surface area contributed by atoms with E-state index in [1.165, 1.54) is 6.07 Å². The molecule has 3 N–H and O–H groups in total. The number of H-pyrrole nitrogens is 1. The molecule has 1 aromatic heterocycles. The molecule has 2 aromatic rings. The number of phosphoric ester groups is 1. The first-order valence-electron chi connectivity index (χ1n) is 4.08. The van der Waals surface area contributed by atoms with E-state index in [0.717, 1.165) is 5.39 Å². The average Bonchev–Trinajstić information content (AvgIpc) is 2.44. The van der Waals surface area contributed by atoms with E-state index in [0.29, 0.717) is 15.0 Å². The molecule has 0 saturated heterocycles. The van der Waals surface area contributed by atoms with Crippen molar-refractivity contribution in [3.05, 3.63) is 27.7 Å². The highest BCUT2D eigenvalue weighted by Crippen LogP contribution is 2.39. The molecule has 16 heavy (non-hydrogen) atoms. The van der Waals surface area contributed by atoms with Gasteiger partial charge in [-0.3, -0.25) is 9.79 Å². The second-order valence-electron chi connectivity index (χ2n) is 3.07. The fraction of sp³-hybridized carbons (Fsp3) is 0. The van der Waals surface area contributed by atoms with Crippen LogP contribution in [0.4, 0.5) is 0 Å². The van der Waals surface area contributed by atoms with E-state index in [1.807, 2.05) is 0 Å². The Labute approximate surface area is 104 Å². The lowest BCUT2D eigenvalue weighted by atomic mass is 10.2. The molecule has 1 heterocycles. The van der Waals surface area contributed by atoms with Gasteiger partial charge in [0, 0.05) is 21.4 Å². The molecule has 0 aliphatic carbocycles. The molecule has 0 radical (unpaired) electrons. The zero-order valence-electron chi connectivity index (χ0n) is 7.65. The van der Waals surface area contributed by atoms with E-state index in [1.54, 1.807) is 12.1 Å². The van der Waals surface area contributed by atoms with E-state index in [4.69, 9.17) is 21.4 Å². The Balaban J connectivity index is 2.48. The first kappa shape index (κ1) is 12.0. The van der Waals surface area contributed by atoms with Gasteiger partial charge in [0.1, 0.15) is 0 Å². The molecule has 1 aromatic carbocycles. The Bertz CT molecular complexity index is 554. The summed E-state index contributed by atoms with van der Waals surface area (Å²) in [5, 5.41) is 1.23. The number of hydrogen-bond acceptors (Lipinski definition) is 2. The highest BCUT2D eigenvalue weighted by Gasteiger charge is 2.17. The number of aromatic amines is 1. The molecule has 0 aliphatic rings. The molecule has 8 heteroatoms. The van der Waals surface area contributed by atoms with Gasteiger partial charge in [-0.05, 0) is 28.1 Å². The summed E-state index contributed by atoms with van der Waals surface area (Å²) in [4.78, 5) is 20.0. The van der Waals surface area contributed by atoms with Crippen LogP contribution in [0.1, 0.15) is 0 Å². The van der Waals surface area contributed by atoms with Crippen LogP contribution in [0.25, 0.3) is 10.9 Å². The smallest absolute Gasteiger partial charge is 0.388 e. The van der Waals surface area contributed by atoms with Crippen molar-refractivity contribution in [3.63, 3.8) is 0 Å². The number of fused-ring (bicyclic) bond motifs is 1. The summed E-state index contributed by atoms with van der Waals surface area (Å²) in [5.74, 6) is -0.00231. The van der Waals surface area contributed by atoms with Crippen molar-refractivity contribution in [1.82, 2.24) is 4.98 Å². The highest BCUT2D eigenvalue weighted by molar-refractivity contribution is 9.10. The van der Waals surface area contributed by atoms with E-state index in [2.05, 4.69) is 25.4 Å². The molecule has 5 nitrogen and oxygen atoms in total. The van der Waals surface area contributed by atoms with Gasteiger partial charge in [0.15, 0.2) is 0 Å². The summed E-state index contributed by atoms with van der Waals surface area (Å²) >= 11 is 9.12. The number of nitrogens with one attached hydrogen (secondary N) is 1. The third-order valence-corrected chi connectivity index (χ3v) is 3.49. The molecule has 0 atom stereocenters. The van der Waals surface area contributed by atoms with E-state index in [-0.39, 0.29) is 5.88 Å². The Hall–Kier alpha value is -0.520. The topological polar surface area (TPSA) is 82.6 Å². The van der Waals surface area contributed by atoms with Crippen LogP contribution >= 0.6 is 35.4 Å². The molecule has 86 valence electrons. The monoisotopic (exact) mass is 325 g/mol. The molecular formula is C8H6BrClNO4P. The van der Waals surface area contributed by atoms with Gasteiger partial charge >= 0.3 is 7.82 Å². The minimum atomic E-state index is -4.54.